The zero-order valence-electron chi connectivity index (χ0n) is 8.17. The summed E-state index contributed by atoms with van der Waals surface area (Å²) in [6, 6.07) is 0. The van der Waals surface area contributed by atoms with Gasteiger partial charge in [0.2, 0.25) is 6.43 Å². The Bertz CT molecular complexity index is 254. The third-order valence-electron chi connectivity index (χ3n) is 2.98. The smallest absolute Gasteiger partial charge is 0.244 e. The molecule has 1 rings (SSSR count). The topological polar surface area (TPSA) is 17.1 Å². The van der Waals surface area contributed by atoms with Gasteiger partial charge < -0.3 is 0 Å². The van der Waals surface area contributed by atoms with E-state index < -0.39 is 11.8 Å². The number of hydrogen-bond donors (Lipinski definition) is 0. The van der Waals surface area contributed by atoms with E-state index >= 15 is 0 Å². The molecule has 0 amide bonds. The molecule has 1 fully saturated rings. The summed E-state index contributed by atoms with van der Waals surface area (Å²) >= 11 is 0. The second-order valence-corrected chi connectivity index (χ2v) is 3.81. The van der Waals surface area contributed by atoms with E-state index in [0.29, 0.717) is 24.7 Å². The molecule has 14 heavy (non-hydrogen) atoms. The summed E-state index contributed by atoms with van der Waals surface area (Å²) in [6.45, 7) is 5.17. The molecule has 3 heteroatoms. The van der Waals surface area contributed by atoms with E-state index in [9.17, 15) is 13.6 Å². The first-order chi connectivity index (χ1) is 6.56. The zero-order valence-corrected chi connectivity index (χ0v) is 8.17. The fourth-order valence-electron chi connectivity index (χ4n) is 1.63. The van der Waals surface area contributed by atoms with Crippen molar-refractivity contribution in [2.75, 3.05) is 0 Å². The Morgan fingerprint density at radius 2 is 2.07 bits per heavy atom. The largest absolute Gasteiger partial charge is 0.298 e. The summed E-state index contributed by atoms with van der Waals surface area (Å²) in [5.74, 6) is -0.263. The van der Waals surface area contributed by atoms with Gasteiger partial charge in [0.25, 0.3) is 0 Å². The summed E-state index contributed by atoms with van der Waals surface area (Å²) in [4.78, 5) is 10.5. The molecule has 0 aromatic rings. The molecule has 0 saturated heterocycles. The van der Waals surface area contributed by atoms with Crippen molar-refractivity contribution in [2.45, 2.75) is 26.2 Å². The van der Waals surface area contributed by atoms with Gasteiger partial charge in [-0.1, -0.05) is 25.7 Å². The molecule has 0 aliphatic heterocycles. The van der Waals surface area contributed by atoms with E-state index in [0.717, 1.165) is 0 Å². The van der Waals surface area contributed by atoms with Crippen molar-refractivity contribution in [1.82, 2.24) is 0 Å². The van der Waals surface area contributed by atoms with Crippen molar-refractivity contribution in [3.63, 3.8) is 0 Å². The normalized spacial score (nSPS) is 21.9. The lowest BCUT2D eigenvalue weighted by molar-refractivity contribution is -0.104. The SMILES string of the molecule is C=C/C(C=O)=C\C(C)C1(C(F)F)CC1. The summed E-state index contributed by atoms with van der Waals surface area (Å²) < 4.78 is 25.3. The molecule has 0 spiro atoms. The van der Waals surface area contributed by atoms with Gasteiger partial charge in [0.05, 0.1) is 0 Å². The lowest BCUT2D eigenvalue weighted by Crippen LogP contribution is -2.20. The lowest BCUT2D eigenvalue weighted by Gasteiger charge is -2.19. The van der Waals surface area contributed by atoms with Crippen molar-refractivity contribution in [1.29, 1.82) is 0 Å². The average molecular weight is 200 g/mol. The van der Waals surface area contributed by atoms with Crippen LogP contribution in [0.3, 0.4) is 0 Å². The summed E-state index contributed by atoms with van der Waals surface area (Å²) in [5, 5.41) is 0. The van der Waals surface area contributed by atoms with Crippen LogP contribution in [0.1, 0.15) is 19.8 Å². The van der Waals surface area contributed by atoms with Crippen LogP contribution in [0, 0.1) is 11.3 Å². The number of hydrogen-bond acceptors (Lipinski definition) is 1. The maximum absolute atomic E-state index is 12.6. The first-order valence-electron chi connectivity index (χ1n) is 4.64. The van der Waals surface area contributed by atoms with Gasteiger partial charge in [-0.15, -0.1) is 0 Å². The molecule has 1 nitrogen and oxygen atoms in total. The minimum atomic E-state index is -2.30. The van der Waals surface area contributed by atoms with Gasteiger partial charge in [-0.25, -0.2) is 8.78 Å². The molecule has 1 atom stereocenters. The predicted octanol–water partition coefficient (Wildman–Crippen LogP) is 2.98. The monoisotopic (exact) mass is 200 g/mol. The molecule has 0 N–H and O–H groups in total. The van der Waals surface area contributed by atoms with E-state index in [1.54, 1.807) is 13.0 Å². The van der Waals surface area contributed by atoms with Crippen LogP contribution in [0.2, 0.25) is 0 Å². The Morgan fingerprint density at radius 1 is 1.50 bits per heavy atom. The number of alkyl halides is 2. The second-order valence-electron chi connectivity index (χ2n) is 3.81. The van der Waals surface area contributed by atoms with Crippen molar-refractivity contribution < 1.29 is 13.6 Å². The number of halogens is 2. The molecule has 1 saturated carbocycles. The molecule has 0 aromatic carbocycles. The Kier molecular flexibility index (Phi) is 3.19. The minimum Gasteiger partial charge on any atom is -0.298 e. The standard InChI is InChI=1S/C11H14F2O/c1-3-9(7-14)6-8(2)11(4-5-11)10(12)13/h3,6-8,10H,1,4-5H2,2H3/b9-6+. The first-order valence-corrected chi connectivity index (χ1v) is 4.64. The molecule has 1 unspecified atom stereocenters. The fourth-order valence-corrected chi connectivity index (χ4v) is 1.63. The average Bonchev–Trinajstić information content (AvgIpc) is 2.94. The van der Waals surface area contributed by atoms with Crippen LogP contribution in [-0.2, 0) is 4.79 Å². The van der Waals surface area contributed by atoms with Crippen LogP contribution < -0.4 is 0 Å². The van der Waals surface area contributed by atoms with E-state index in [1.165, 1.54) is 6.08 Å². The Balaban J connectivity index is 2.75. The molecule has 0 bridgehead atoms. The fraction of sp³-hybridized carbons (Fsp3) is 0.545. The maximum Gasteiger partial charge on any atom is 0.244 e. The Labute approximate surface area is 82.5 Å². The van der Waals surface area contributed by atoms with Gasteiger partial charge in [0.1, 0.15) is 6.29 Å². The Morgan fingerprint density at radius 3 is 2.36 bits per heavy atom. The van der Waals surface area contributed by atoms with Gasteiger partial charge in [-0.2, -0.15) is 0 Å². The van der Waals surface area contributed by atoms with Crippen LogP contribution >= 0.6 is 0 Å². The van der Waals surface area contributed by atoms with Crippen molar-refractivity contribution >= 4 is 6.29 Å². The third-order valence-corrected chi connectivity index (χ3v) is 2.98. The lowest BCUT2D eigenvalue weighted by atomic mass is 9.89. The molecule has 78 valence electrons. The number of carbonyl (C=O) groups excluding carboxylic acids is 1. The number of carbonyl (C=O) groups is 1. The number of aldehydes is 1. The molecule has 0 aromatic heterocycles. The summed E-state index contributed by atoms with van der Waals surface area (Å²) in [7, 11) is 0. The highest BCUT2D eigenvalue weighted by Gasteiger charge is 2.54. The van der Waals surface area contributed by atoms with Gasteiger partial charge >= 0.3 is 0 Å². The quantitative estimate of drug-likeness (QED) is 0.379. The van der Waals surface area contributed by atoms with Crippen LogP contribution in [0.4, 0.5) is 8.78 Å². The number of rotatable bonds is 5. The van der Waals surface area contributed by atoms with E-state index in [4.69, 9.17) is 0 Å². The predicted molar refractivity (Wildman–Crippen MR) is 51.2 cm³/mol. The van der Waals surface area contributed by atoms with E-state index in [-0.39, 0.29) is 5.92 Å². The summed E-state index contributed by atoms with van der Waals surface area (Å²) in [5.41, 5.74) is -0.485. The van der Waals surface area contributed by atoms with E-state index in [1.807, 2.05) is 0 Å². The maximum atomic E-state index is 12.6. The molecule has 0 heterocycles. The van der Waals surface area contributed by atoms with Gasteiger partial charge in [0, 0.05) is 11.0 Å². The van der Waals surface area contributed by atoms with Crippen LogP contribution in [0.5, 0.6) is 0 Å². The van der Waals surface area contributed by atoms with Crippen LogP contribution in [0.25, 0.3) is 0 Å². The molecule has 1 aliphatic carbocycles. The van der Waals surface area contributed by atoms with Crippen molar-refractivity contribution in [2.24, 2.45) is 11.3 Å². The van der Waals surface area contributed by atoms with Gasteiger partial charge in [-0.3, -0.25) is 4.79 Å². The van der Waals surface area contributed by atoms with E-state index in [2.05, 4.69) is 6.58 Å². The highest BCUT2D eigenvalue weighted by atomic mass is 19.3. The molecular formula is C11H14F2O. The summed E-state index contributed by atoms with van der Waals surface area (Å²) in [6.07, 6.45) is 2.42. The molecule has 1 aliphatic rings. The highest BCUT2D eigenvalue weighted by molar-refractivity contribution is 5.77. The minimum absolute atomic E-state index is 0.263. The van der Waals surface area contributed by atoms with Crippen LogP contribution in [-0.4, -0.2) is 12.7 Å². The highest BCUT2D eigenvalue weighted by Crippen LogP contribution is 2.56. The number of allylic oxidation sites excluding steroid dienone is 3. The van der Waals surface area contributed by atoms with Crippen molar-refractivity contribution in [3.05, 3.63) is 24.3 Å². The first kappa shape index (κ1) is 11.1. The third kappa shape index (κ3) is 1.91. The Hall–Kier alpha value is -0.990. The zero-order chi connectivity index (χ0) is 10.8. The van der Waals surface area contributed by atoms with Crippen molar-refractivity contribution in [3.8, 4) is 0 Å². The van der Waals surface area contributed by atoms with Gasteiger partial charge in [-0.05, 0) is 18.8 Å². The molecular weight excluding hydrogens is 186 g/mol. The van der Waals surface area contributed by atoms with Gasteiger partial charge in [0.15, 0.2) is 0 Å². The molecule has 0 radical (unpaired) electrons. The second kappa shape index (κ2) is 4.03. The van der Waals surface area contributed by atoms with Crippen LogP contribution in [0.15, 0.2) is 24.3 Å².